The molecule has 4 rings (SSSR count). The van der Waals surface area contributed by atoms with Gasteiger partial charge in [-0.1, -0.05) is 51.1 Å². The molecule has 0 spiro atoms. The van der Waals surface area contributed by atoms with Gasteiger partial charge in [0.05, 0.1) is 18.1 Å². The Morgan fingerprint density at radius 2 is 1.72 bits per heavy atom. The van der Waals surface area contributed by atoms with Crippen LogP contribution >= 0.6 is 0 Å². The monoisotopic (exact) mass is 538 g/mol. The van der Waals surface area contributed by atoms with Gasteiger partial charge < -0.3 is 19.3 Å². The van der Waals surface area contributed by atoms with E-state index in [1.807, 2.05) is 19.1 Å². The van der Waals surface area contributed by atoms with Crippen LogP contribution in [0.3, 0.4) is 0 Å². The van der Waals surface area contributed by atoms with Crippen molar-refractivity contribution in [2.45, 2.75) is 72.2 Å². The van der Waals surface area contributed by atoms with E-state index in [1.165, 1.54) is 13.8 Å². The smallest absolute Gasteiger partial charge is 0.338 e. The molecule has 0 aliphatic heterocycles. The average molecular weight is 539 g/mol. The normalized spacial score (nSPS) is 36.0. The van der Waals surface area contributed by atoms with Crippen LogP contribution in [0.15, 0.2) is 53.6 Å². The maximum Gasteiger partial charge on any atom is 0.338 e. The molecule has 3 aliphatic carbocycles. The average Bonchev–Trinajstić information content (AvgIpc) is 3.26. The number of Topliss-reactive ketones (excluding diaryl/α,β-unsaturated/α-hetero) is 1. The Balaban J connectivity index is 1.91. The zero-order valence-corrected chi connectivity index (χ0v) is 23.4. The zero-order valence-electron chi connectivity index (χ0n) is 23.4. The summed E-state index contributed by atoms with van der Waals surface area (Å²) in [5, 5.41) is 10.5. The van der Waals surface area contributed by atoms with Crippen molar-refractivity contribution in [1.82, 2.24) is 0 Å². The summed E-state index contributed by atoms with van der Waals surface area (Å²) in [6, 6.07) is 8.44. The molecule has 8 heteroatoms. The fourth-order valence-electron chi connectivity index (χ4n) is 6.73. The first-order valence-corrected chi connectivity index (χ1v) is 13.5. The number of fused-ring (bicyclic) bond motifs is 2. The van der Waals surface area contributed by atoms with Gasteiger partial charge in [0.25, 0.3) is 0 Å². The fraction of sp³-hybridized carbons (Fsp3) is 0.548. The van der Waals surface area contributed by atoms with E-state index in [9.17, 15) is 24.3 Å². The Hall–Kier alpha value is -3.26. The Morgan fingerprint density at radius 3 is 2.31 bits per heavy atom. The van der Waals surface area contributed by atoms with Crippen LogP contribution in [0.2, 0.25) is 0 Å². The minimum absolute atomic E-state index is 0.0575. The highest BCUT2D eigenvalue weighted by atomic mass is 16.6. The molecule has 0 radical (unpaired) electrons. The van der Waals surface area contributed by atoms with Crippen molar-refractivity contribution in [2.24, 2.45) is 29.1 Å². The molecule has 7 atom stereocenters. The van der Waals surface area contributed by atoms with Gasteiger partial charge in [0, 0.05) is 20.3 Å². The van der Waals surface area contributed by atoms with Gasteiger partial charge in [-0.2, -0.15) is 0 Å². The lowest BCUT2D eigenvalue weighted by molar-refractivity contribution is -0.179. The number of rotatable bonds is 5. The summed E-state index contributed by atoms with van der Waals surface area (Å²) in [6.45, 7) is 9.79. The molecule has 8 nitrogen and oxygen atoms in total. The lowest BCUT2D eigenvalue weighted by Crippen LogP contribution is -2.55. The highest BCUT2D eigenvalue weighted by molar-refractivity contribution is 6.03. The summed E-state index contributed by atoms with van der Waals surface area (Å²) < 4.78 is 17.8. The third kappa shape index (κ3) is 5.31. The van der Waals surface area contributed by atoms with E-state index in [-0.39, 0.29) is 23.7 Å². The maximum atomic E-state index is 14.4. The van der Waals surface area contributed by atoms with E-state index in [2.05, 4.69) is 13.8 Å². The quantitative estimate of drug-likeness (QED) is 0.337. The minimum atomic E-state index is -1.78. The van der Waals surface area contributed by atoms with Crippen molar-refractivity contribution in [3.8, 4) is 0 Å². The lowest BCUT2D eigenvalue weighted by Gasteiger charge is -2.39. The number of allylic oxidation sites excluding steroid dienone is 2. The number of carbonyl (C=O) groups is 4. The zero-order chi connectivity index (χ0) is 28.7. The Labute approximate surface area is 229 Å². The summed E-state index contributed by atoms with van der Waals surface area (Å²) in [7, 11) is 0. The topological polar surface area (TPSA) is 116 Å². The number of ether oxygens (including phenoxy) is 3. The number of benzene rings is 1. The number of aliphatic hydroxyl groups is 1. The van der Waals surface area contributed by atoms with Gasteiger partial charge in [-0.25, -0.2) is 4.79 Å². The van der Waals surface area contributed by atoms with E-state index in [0.717, 1.165) is 0 Å². The molecule has 1 aromatic rings. The van der Waals surface area contributed by atoms with Gasteiger partial charge in [-0.15, -0.1) is 0 Å². The van der Waals surface area contributed by atoms with Crippen LogP contribution in [0.4, 0.5) is 0 Å². The van der Waals surface area contributed by atoms with Crippen LogP contribution < -0.4 is 0 Å². The van der Waals surface area contributed by atoms with Crippen molar-refractivity contribution < 1.29 is 38.5 Å². The number of ketones is 1. The number of esters is 3. The summed E-state index contributed by atoms with van der Waals surface area (Å²) in [5.74, 6) is -3.53. The molecular formula is C31H38O8. The van der Waals surface area contributed by atoms with Crippen molar-refractivity contribution in [3.63, 3.8) is 0 Å². The van der Waals surface area contributed by atoms with Crippen molar-refractivity contribution in [2.75, 3.05) is 6.61 Å². The molecule has 1 aromatic carbocycles. The third-order valence-electron chi connectivity index (χ3n) is 8.77. The van der Waals surface area contributed by atoms with Gasteiger partial charge in [0.15, 0.2) is 5.60 Å². The first-order valence-electron chi connectivity index (χ1n) is 13.5. The van der Waals surface area contributed by atoms with Crippen LogP contribution in [-0.4, -0.2) is 53.2 Å². The minimum Gasteiger partial charge on any atom is -0.458 e. The second-order valence-electron chi connectivity index (χ2n) is 11.8. The molecule has 0 bridgehead atoms. The number of hydrogen-bond acceptors (Lipinski definition) is 8. The Kier molecular flexibility index (Phi) is 7.90. The third-order valence-corrected chi connectivity index (χ3v) is 8.77. The first-order chi connectivity index (χ1) is 18.3. The first kappa shape index (κ1) is 28.7. The summed E-state index contributed by atoms with van der Waals surface area (Å²) in [4.78, 5) is 52.6. The number of hydrogen-bond donors (Lipinski definition) is 1. The standard InChI is InChI=1S/C31H38O8/c1-17-14-24-23(30(24,5)6)13-12-22(16-32)27(37-19(3)33)25-26(38-29(36)21-10-8-7-9-11-21)18(2)15-31(25,28(17)35)39-20(4)34/h7-12,14,18,23-27,32H,13,15-16H2,1-6H3/b17-14-,22-12-/t18-,23-,24+,25+,26-,27-,31+/m0/s1. The van der Waals surface area contributed by atoms with E-state index in [4.69, 9.17) is 14.2 Å². The SMILES string of the molecule is CC(=O)O[C@H]1/C(CO)=C\C[C@H]2[C@@H](/C=C(/C)C(=O)[C@@]3(OC(C)=O)C[C@H](C)[C@H](OC(=O)c4ccccc4)[C@H]13)C2(C)C. The maximum absolute atomic E-state index is 14.4. The summed E-state index contributed by atoms with van der Waals surface area (Å²) in [6.07, 6.45) is 2.33. The highest BCUT2D eigenvalue weighted by Gasteiger charge is 2.65. The predicted molar refractivity (Wildman–Crippen MR) is 142 cm³/mol. The van der Waals surface area contributed by atoms with Gasteiger partial charge >= 0.3 is 17.9 Å². The molecule has 39 heavy (non-hydrogen) atoms. The van der Waals surface area contributed by atoms with Gasteiger partial charge in [-0.3, -0.25) is 14.4 Å². The van der Waals surface area contributed by atoms with Crippen LogP contribution in [0.1, 0.15) is 64.7 Å². The van der Waals surface area contributed by atoms with Crippen LogP contribution in [-0.2, 0) is 28.6 Å². The molecule has 0 heterocycles. The summed E-state index contributed by atoms with van der Waals surface area (Å²) >= 11 is 0. The molecule has 2 saturated carbocycles. The predicted octanol–water partition coefficient (Wildman–Crippen LogP) is 4.21. The molecule has 1 N–H and O–H groups in total. The van der Waals surface area contributed by atoms with E-state index in [0.29, 0.717) is 23.1 Å². The second-order valence-corrected chi connectivity index (χ2v) is 11.8. The largest absolute Gasteiger partial charge is 0.458 e. The Bertz CT molecular complexity index is 1210. The molecule has 0 saturated heterocycles. The van der Waals surface area contributed by atoms with Crippen LogP contribution in [0, 0.1) is 29.1 Å². The molecule has 210 valence electrons. The van der Waals surface area contributed by atoms with Crippen LogP contribution in [0.25, 0.3) is 0 Å². The molecule has 2 fully saturated rings. The molecule has 0 unspecified atom stereocenters. The molecule has 0 aromatic heterocycles. The van der Waals surface area contributed by atoms with Crippen LogP contribution in [0.5, 0.6) is 0 Å². The second kappa shape index (κ2) is 10.7. The van der Waals surface area contributed by atoms with Crippen molar-refractivity contribution in [1.29, 1.82) is 0 Å². The van der Waals surface area contributed by atoms with Gasteiger partial charge in [-0.05, 0) is 59.8 Å². The Morgan fingerprint density at radius 1 is 1.05 bits per heavy atom. The van der Waals surface area contributed by atoms with Gasteiger partial charge in [0.1, 0.15) is 12.2 Å². The van der Waals surface area contributed by atoms with E-state index < -0.39 is 59.9 Å². The van der Waals surface area contributed by atoms with Crippen molar-refractivity contribution >= 4 is 23.7 Å². The molecule has 3 aliphatic rings. The lowest BCUT2D eigenvalue weighted by atomic mass is 9.77. The highest BCUT2D eigenvalue weighted by Crippen LogP contribution is 2.62. The van der Waals surface area contributed by atoms with E-state index >= 15 is 0 Å². The summed E-state index contributed by atoms with van der Waals surface area (Å²) in [5.41, 5.74) is -0.702. The van der Waals surface area contributed by atoms with E-state index in [1.54, 1.807) is 37.3 Å². The number of aliphatic hydroxyl groups excluding tert-OH is 1. The van der Waals surface area contributed by atoms with Crippen molar-refractivity contribution in [3.05, 3.63) is 59.2 Å². The molecule has 0 amide bonds. The fourth-order valence-corrected chi connectivity index (χ4v) is 6.73. The molecular weight excluding hydrogens is 500 g/mol. The van der Waals surface area contributed by atoms with Gasteiger partial charge in [0.2, 0.25) is 5.78 Å². The number of carbonyl (C=O) groups excluding carboxylic acids is 4.